The number of nitrogens with zero attached hydrogens (tertiary/aromatic N) is 2. The van der Waals surface area contributed by atoms with E-state index in [9.17, 15) is 4.79 Å². The Morgan fingerprint density at radius 1 is 1.20 bits per heavy atom. The number of carbonyl (C=O) groups is 1. The molecule has 0 bridgehead atoms. The molecule has 0 aliphatic heterocycles. The van der Waals surface area contributed by atoms with Gasteiger partial charge >= 0.3 is 0 Å². The van der Waals surface area contributed by atoms with Gasteiger partial charge in [-0.05, 0) is 18.1 Å². The lowest BCUT2D eigenvalue weighted by molar-refractivity contribution is 0.0983. The van der Waals surface area contributed by atoms with E-state index in [1.165, 1.54) is 20.4 Å². The highest BCUT2D eigenvalue weighted by Gasteiger charge is 2.17. The van der Waals surface area contributed by atoms with Crippen LogP contribution in [0.4, 0.5) is 0 Å². The van der Waals surface area contributed by atoms with Gasteiger partial charge in [0, 0.05) is 6.42 Å². The van der Waals surface area contributed by atoms with Crippen molar-refractivity contribution in [3.05, 3.63) is 47.3 Å². The summed E-state index contributed by atoms with van der Waals surface area (Å²) in [5.41, 5.74) is 2.26. The predicted octanol–water partition coefficient (Wildman–Crippen LogP) is 2.23. The molecular formula is C15H16N2O3. The molecule has 104 valence electrons. The Morgan fingerprint density at radius 3 is 2.60 bits per heavy atom. The van der Waals surface area contributed by atoms with Crippen molar-refractivity contribution in [3.63, 3.8) is 0 Å². The molecular weight excluding hydrogens is 256 g/mol. The van der Waals surface area contributed by atoms with Crippen molar-refractivity contribution in [2.45, 2.75) is 13.3 Å². The van der Waals surface area contributed by atoms with Crippen LogP contribution < -0.4 is 9.47 Å². The molecule has 0 saturated carbocycles. The second-order valence-electron chi connectivity index (χ2n) is 4.30. The number of carbonyl (C=O) groups excluding carboxylic acids is 1. The highest BCUT2D eigenvalue weighted by atomic mass is 16.5. The molecule has 2 rings (SSSR count). The zero-order valence-electron chi connectivity index (χ0n) is 11.7. The van der Waals surface area contributed by atoms with Gasteiger partial charge in [-0.1, -0.05) is 24.3 Å². The molecule has 2 aromatic rings. The van der Waals surface area contributed by atoms with Crippen LogP contribution in [0.1, 0.15) is 21.6 Å². The monoisotopic (exact) mass is 272 g/mol. The fraction of sp³-hybridized carbons (Fsp3) is 0.267. The van der Waals surface area contributed by atoms with Crippen LogP contribution in [-0.4, -0.2) is 30.0 Å². The summed E-state index contributed by atoms with van der Waals surface area (Å²) in [4.78, 5) is 20.5. The van der Waals surface area contributed by atoms with Gasteiger partial charge in [0.25, 0.3) is 0 Å². The van der Waals surface area contributed by atoms with Gasteiger partial charge in [0.05, 0.1) is 20.4 Å². The smallest absolute Gasteiger partial charge is 0.246 e. The molecule has 1 aromatic carbocycles. The number of rotatable bonds is 5. The molecule has 1 heterocycles. The van der Waals surface area contributed by atoms with Gasteiger partial charge in [-0.25, -0.2) is 4.98 Å². The number of hydrogen-bond acceptors (Lipinski definition) is 5. The molecule has 0 aliphatic rings. The van der Waals surface area contributed by atoms with Crippen LogP contribution in [0.5, 0.6) is 11.8 Å². The minimum absolute atomic E-state index is 0.133. The summed E-state index contributed by atoms with van der Waals surface area (Å²) in [7, 11) is 2.94. The molecule has 1 aromatic heterocycles. The Hall–Kier alpha value is -2.43. The molecule has 5 nitrogen and oxygen atoms in total. The second kappa shape index (κ2) is 6.14. The number of aromatic nitrogens is 2. The van der Waals surface area contributed by atoms with Crippen molar-refractivity contribution in [1.82, 2.24) is 9.97 Å². The summed E-state index contributed by atoms with van der Waals surface area (Å²) >= 11 is 0. The highest BCUT2D eigenvalue weighted by molar-refractivity contribution is 5.97. The first kappa shape index (κ1) is 14.0. The molecule has 0 radical (unpaired) electrons. The summed E-state index contributed by atoms with van der Waals surface area (Å²) in [6.45, 7) is 1.97. The van der Waals surface area contributed by atoms with Crippen LogP contribution in [0, 0.1) is 6.92 Å². The van der Waals surface area contributed by atoms with Crippen molar-refractivity contribution in [2.24, 2.45) is 0 Å². The lowest BCUT2D eigenvalue weighted by Crippen LogP contribution is -2.10. The fourth-order valence-electron chi connectivity index (χ4n) is 1.85. The zero-order valence-corrected chi connectivity index (χ0v) is 11.7. The topological polar surface area (TPSA) is 61.3 Å². The third kappa shape index (κ3) is 2.93. The molecule has 0 aliphatic carbocycles. The Bertz CT molecular complexity index is 626. The number of ether oxygens (including phenoxy) is 2. The Kier molecular flexibility index (Phi) is 4.30. The normalized spacial score (nSPS) is 10.2. The zero-order chi connectivity index (χ0) is 14.5. The average Bonchev–Trinajstić information content (AvgIpc) is 2.48. The summed E-state index contributed by atoms with van der Waals surface area (Å²) in [6, 6.07) is 7.75. The number of benzene rings is 1. The maximum atomic E-state index is 12.3. The Balaban J connectivity index is 2.27. The van der Waals surface area contributed by atoms with E-state index in [-0.39, 0.29) is 23.8 Å². The SMILES string of the molecule is COc1cnc(C(=O)Cc2ccccc2C)c(OC)n1. The number of aryl methyl sites for hydroxylation is 1. The lowest BCUT2D eigenvalue weighted by Gasteiger charge is -2.08. The van der Waals surface area contributed by atoms with E-state index >= 15 is 0 Å². The van der Waals surface area contributed by atoms with Crippen molar-refractivity contribution >= 4 is 5.78 Å². The van der Waals surface area contributed by atoms with E-state index in [1.807, 2.05) is 31.2 Å². The van der Waals surface area contributed by atoms with Crippen LogP contribution in [0.3, 0.4) is 0 Å². The van der Waals surface area contributed by atoms with Crippen LogP contribution in [0.2, 0.25) is 0 Å². The minimum atomic E-state index is -0.133. The molecule has 5 heteroatoms. The van der Waals surface area contributed by atoms with Gasteiger partial charge in [-0.3, -0.25) is 4.79 Å². The fourth-order valence-corrected chi connectivity index (χ4v) is 1.85. The number of Topliss-reactive ketones (excluding diaryl/α,β-unsaturated/α-hetero) is 1. The third-order valence-corrected chi connectivity index (χ3v) is 3.00. The van der Waals surface area contributed by atoms with Crippen LogP contribution in [0.25, 0.3) is 0 Å². The molecule has 0 fully saturated rings. The quantitative estimate of drug-likeness (QED) is 0.781. The van der Waals surface area contributed by atoms with E-state index in [2.05, 4.69) is 9.97 Å². The molecule has 0 saturated heterocycles. The van der Waals surface area contributed by atoms with E-state index in [0.717, 1.165) is 11.1 Å². The maximum absolute atomic E-state index is 12.3. The molecule has 20 heavy (non-hydrogen) atoms. The highest BCUT2D eigenvalue weighted by Crippen LogP contribution is 2.19. The van der Waals surface area contributed by atoms with Gasteiger partial charge in [0.1, 0.15) is 0 Å². The van der Waals surface area contributed by atoms with Crippen LogP contribution >= 0.6 is 0 Å². The van der Waals surface area contributed by atoms with E-state index < -0.39 is 0 Å². The molecule has 0 spiro atoms. The minimum Gasteiger partial charge on any atom is -0.480 e. The first-order valence-electron chi connectivity index (χ1n) is 6.18. The molecule has 0 atom stereocenters. The first-order valence-corrected chi connectivity index (χ1v) is 6.18. The second-order valence-corrected chi connectivity index (χ2v) is 4.30. The van der Waals surface area contributed by atoms with E-state index in [0.29, 0.717) is 5.88 Å². The van der Waals surface area contributed by atoms with Gasteiger partial charge in [-0.2, -0.15) is 4.98 Å². The van der Waals surface area contributed by atoms with E-state index in [1.54, 1.807) is 0 Å². The van der Waals surface area contributed by atoms with Gasteiger partial charge in [0.2, 0.25) is 11.8 Å². The van der Waals surface area contributed by atoms with Crippen molar-refractivity contribution < 1.29 is 14.3 Å². The third-order valence-electron chi connectivity index (χ3n) is 3.00. The predicted molar refractivity (Wildman–Crippen MR) is 74.3 cm³/mol. The first-order chi connectivity index (χ1) is 9.65. The van der Waals surface area contributed by atoms with Crippen molar-refractivity contribution in [1.29, 1.82) is 0 Å². The van der Waals surface area contributed by atoms with Crippen LogP contribution in [-0.2, 0) is 6.42 Å². The van der Waals surface area contributed by atoms with E-state index in [4.69, 9.17) is 9.47 Å². The largest absolute Gasteiger partial charge is 0.480 e. The molecule has 0 N–H and O–H groups in total. The number of ketones is 1. The van der Waals surface area contributed by atoms with Crippen molar-refractivity contribution in [3.8, 4) is 11.8 Å². The Labute approximate surface area is 117 Å². The van der Waals surface area contributed by atoms with Crippen molar-refractivity contribution in [2.75, 3.05) is 14.2 Å². The van der Waals surface area contributed by atoms with Gasteiger partial charge < -0.3 is 9.47 Å². The molecule has 0 unspecified atom stereocenters. The van der Waals surface area contributed by atoms with Gasteiger partial charge in [0.15, 0.2) is 11.5 Å². The van der Waals surface area contributed by atoms with Crippen LogP contribution in [0.15, 0.2) is 30.5 Å². The number of hydrogen-bond donors (Lipinski definition) is 0. The summed E-state index contributed by atoms with van der Waals surface area (Å²) in [5, 5.41) is 0. The maximum Gasteiger partial charge on any atom is 0.246 e. The average molecular weight is 272 g/mol. The summed E-state index contributed by atoms with van der Waals surface area (Å²) in [5.74, 6) is 0.364. The Morgan fingerprint density at radius 2 is 1.95 bits per heavy atom. The molecule has 0 amide bonds. The number of methoxy groups -OCH3 is 2. The standard InChI is InChI=1S/C15H16N2O3/c1-10-6-4-5-7-11(10)8-12(18)14-15(20-3)17-13(19-2)9-16-14/h4-7,9H,8H2,1-3H3. The van der Waals surface area contributed by atoms with Gasteiger partial charge in [-0.15, -0.1) is 0 Å². The lowest BCUT2D eigenvalue weighted by atomic mass is 10.0. The summed E-state index contributed by atoms with van der Waals surface area (Å²) < 4.78 is 10.1. The summed E-state index contributed by atoms with van der Waals surface area (Å²) in [6.07, 6.45) is 1.68.